The van der Waals surface area contributed by atoms with Gasteiger partial charge in [0.2, 0.25) is 0 Å². The molecule has 3 heteroatoms. The molecule has 2 aliphatic rings. The lowest BCUT2D eigenvalue weighted by Crippen LogP contribution is -2.56. The van der Waals surface area contributed by atoms with Gasteiger partial charge in [0.25, 0.3) is 0 Å². The third-order valence-electron chi connectivity index (χ3n) is 5.02. The van der Waals surface area contributed by atoms with Crippen molar-refractivity contribution in [3.8, 4) is 5.75 Å². The molecule has 3 rings (SSSR count). The Balaban J connectivity index is 1.58. The van der Waals surface area contributed by atoms with Gasteiger partial charge in [0.15, 0.2) is 0 Å². The third kappa shape index (κ3) is 3.41. The molecule has 1 aromatic rings. The Morgan fingerprint density at radius 1 is 1.24 bits per heavy atom. The minimum Gasteiger partial charge on any atom is -0.494 e. The van der Waals surface area contributed by atoms with Crippen molar-refractivity contribution in [3.05, 3.63) is 29.8 Å². The summed E-state index contributed by atoms with van der Waals surface area (Å²) in [7, 11) is 0. The Bertz CT molecular complexity index is 439. The first-order valence-corrected chi connectivity index (χ1v) is 8.30. The molecule has 1 atom stereocenters. The molecule has 0 aromatic heterocycles. The van der Waals surface area contributed by atoms with Crippen LogP contribution in [0.25, 0.3) is 0 Å². The van der Waals surface area contributed by atoms with Gasteiger partial charge in [-0.3, -0.25) is 0 Å². The maximum atomic E-state index is 6.19. The molecule has 1 aliphatic carbocycles. The van der Waals surface area contributed by atoms with Gasteiger partial charge in [-0.15, -0.1) is 0 Å². The normalized spacial score (nSPS) is 33.0. The predicted octanol–water partition coefficient (Wildman–Crippen LogP) is 3.70. The van der Waals surface area contributed by atoms with Crippen molar-refractivity contribution >= 4 is 0 Å². The molecule has 0 radical (unpaired) electrons. The van der Waals surface area contributed by atoms with E-state index in [1.165, 1.54) is 31.2 Å². The van der Waals surface area contributed by atoms with Gasteiger partial charge in [0.1, 0.15) is 5.75 Å². The summed E-state index contributed by atoms with van der Waals surface area (Å²) < 4.78 is 11.7. The molecule has 3 nitrogen and oxygen atoms in total. The van der Waals surface area contributed by atoms with Crippen molar-refractivity contribution in [2.24, 2.45) is 5.92 Å². The van der Waals surface area contributed by atoms with Crippen LogP contribution >= 0.6 is 0 Å². The zero-order chi connectivity index (χ0) is 14.7. The van der Waals surface area contributed by atoms with Crippen LogP contribution in [0.15, 0.2) is 24.3 Å². The van der Waals surface area contributed by atoms with E-state index in [-0.39, 0.29) is 11.6 Å². The van der Waals surface area contributed by atoms with Crippen LogP contribution in [0.4, 0.5) is 0 Å². The molecule has 1 unspecified atom stereocenters. The van der Waals surface area contributed by atoms with Crippen LogP contribution in [0.1, 0.15) is 51.2 Å². The molecule has 1 N–H and O–H groups in total. The molecule has 2 fully saturated rings. The SMILES string of the molecule is CCOc1ccc(C2CNC3(CCC(C)CC3)CO2)cc1. The fourth-order valence-corrected chi connectivity index (χ4v) is 3.47. The number of rotatable bonds is 3. The van der Waals surface area contributed by atoms with Crippen molar-refractivity contribution in [1.29, 1.82) is 0 Å². The van der Waals surface area contributed by atoms with Crippen LogP contribution in [0.2, 0.25) is 0 Å². The third-order valence-corrected chi connectivity index (χ3v) is 5.02. The summed E-state index contributed by atoms with van der Waals surface area (Å²) in [5.74, 6) is 1.81. The number of nitrogens with one attached hydrogen (secondary N) is 1. The molecule has 1 saturated carbocycles. The van der Waals surface area contributed by atoms with Crippen molar-refractivity contribution < 1.29 is 9.47 Å². The monoisotopic (exact) mass is 289 g/mol. The molecule has 1 heterocycles. The Hall–Kier alpha value is -1.06. The molecule has 1 saturated heterocycles. The lowest BCUT2D eigenvalue weighted by atomic mass is 9.77. The summed E-state index contributed by atoms with van der Waals surface area (Å²) in [4.78, 5) is 0. The number of ether oxygens (including phenoxy) is 2. The van der Waals surface area contributed by atoms with Crippen molar-refractivity contribution in [2.45, 2.75) is 51.2 Å². The average molecular weight is 289 g/mol. The van der Waals surface area contributed by atoms with Gasteiger partial charge < -0.3 is 14.8 Å². The molecule has 116 valence electrons. The summed E-state index contributed by atoms with van der Waals surface area (Å²) in [5, 5.41) is 3.79. The van der Waals surface area contributed by atoms with E-state index in [0.29, 0.717) is 6.61 Å². The average Bonchev–Trinajstić information content (AvgIpc) is 2.53. The maximum absolute atomic E-state index is 6.19. The smallest absolute Gasteiger partial charge is 0.119 e. The second-order valence-corrected chi connectivity index (χ2v) is 6.65. The van der Waals surface area contributed by atoms with E-state index in [9.17, 15) is 0 Å². The van der Waals surface area contributed by atoms with Gasteiger partial charge in [0, 0.05) is 12.1 Å². The minimum atomic E-state index is 0.172. The maximum Gasteiger partial charge on any atom is 0.119 e. The van der Waals surface area contributed by atoms with Gasteiger partial charge in [-0.2, -0.15) is 0 Å². The number of benzene rings is 1. The van der Waals surface area contributed by atoms with E-state index in [4.69, 9.17) is 9.47 Å². The van der Waals surface area contributed by atoms with Gasteiger partial charge >= 0.3 is 0 Å². The molecule has 1 aliphatic heterocycles. The minimum absolute atomic E-state index is 0.172. The zero-order valence-electron chi connectivity index (χ0n) is 13.2. The number of hydrogen-bond acceptors (Lipinski definition) is 3. The highest BCUT2D eigenvalue weighted by Crippen LogP contribution is 2.36. The molecule has 0 amide bonds. The quantitative estimate of drug-likeness (QED) is 0.920. The summed E-state index contributed by atoms with van der Waals surface area (Å²) in [5.41, 5.74) is 1.49. The van der Waals surface area contributed by atoms with Gasteiger partial charge in [-0.05, 0) is 56.2 Å². The molecular formula is C18H27NO2. The van der Waals surface area contributed by atoms with Crippen LogP contribution in [-0.2, 0) is 4.74 Å². The van der Waals surface area contributed by atoms with Crippen LogP contribution in [-0.4, -0.2) is 25.3 Å². The van der Waals surface area contributed by atoms with Crippen molar-refractivity contribution in [3.63, 3.8) is 0 Å². The van der Waals surface area contributed by atoms with E-state index in [2.05, 4.69) is 24.4 Å². The lowest BCUT2D eigenvalue weighted by molar-refractivity contribution is -0.0504. The van der Waals surface area contributed by atoms with Crippen LogP contribution in [0, 0.1) is 5.92 Å². The molecule has 0 bridgehead atoms. The molecule has 1 spiro atoms. The highest BCUT2D eigenvalue weighted by molar-refractivity contribution is 5.29. The Morgan fingerprint density at radius 2 is 1.95 bits per heavy atom. The first kappa shape index (κ1) is 14.9. The van der Waals surface area contributed by atoms with Crippen LogP contribution in [0.3, 0.4) is 0 Å². The van der Waals surface area contributed by atoms with Crippen molar-refractivity contribution in [2.75, 3.05) is 19.8 Å². The first-order chi connectivity index (χ1) is 10.2. The summed E-state index contributed by atoms with van der Waals surface area (Å²) in [6, 6.07) is 8.32. The predicted molar refractivity (Wildman–Crippen MR) is 84.7 cm³/mol. The van der Waals surface area contributed by atoms with Gasteiger partial charge in [0.05, 0.1) is 19.3 Å². The highest BCUT2D eigenvalue weighted by atomic mass is 16.5. The van der Waals surface area contributed by atoms with E-state index in [0.717, 1.165) is 24.8 Å². The molecule has 21 heavy (non-hydrogen) atoms. The largest absolute Gasteiger partial charge is 0.494 e. The van der Waals surface area contributed by atoms with Crippen LogP contribution in [0.5, 0.6) is 5.75 Å². The van der Waals surface area contributed by atoms with E-state index >= 15 is 0 Å². The lowest BCUT2D eigenvalue weighted by Gasteiger charge is -2.45. The Labute approximate surface area is 128 Å². The van der Waals surface area contributed by atoms with E-state index < -0.39 is 0 Å². The topological polar surface area (TPSA) is 30.5 Å². The standard InChI is InChI=1S/C18H27NO2/c1-3-20-16-6-4-15(5-7-16)17-12-19-18(13-21-17)10-8-14(2)9-11-18/h4-7,14,17,19H,3,8-13H2,1-2H3. The summed E-state index contributed by atoms with van der Waals surface area (Å²) in [6.45, 7) is 6.84. The second kappa shape index (κ2) is 6.37. The van der Waals surface area contributed by atoms with E-state index in [1.54, 1.807) is 0 Å². The first-order valence-electron chi connectivity index (χ1n) is 8.30. The van der Waals surface area contributed by atoms with Crippen LogP contribution < -0.4 is 10.1 Å². The summed E-state index contributed by atoms with van der Waals surface area (Å²) >= 11 is 0. The van der Waals surface area contributed by atoms with Gasteiger partial charge in [-0.25, -0.2) is 0 Å². The Kier molecular flexibility index (Phi) is 4.51. The fraction of sp³-hybridized carbons (Fsp3) is 0.667. The highest BCUT2D eigenvalue weighted by Gasteiger charge is 2.38. The fourth-order valence-electron chi connectivity index (χ4n) is 3.47. The van der Waals surface area contributed by atoms with Crippen molar-refractivity contribution in [1.82, 2.24) is 5.32 Å². The van der Waals surface area contributed by atoms with Gasteiger partial charge in [-0.1, -0.05) is 19.1 Å². The number of morpholine rings is 1. The number of hydrogen-bond donors (Lipinski definition) is 1. The second-order valence-electron chi connectivity index (χ2n) is 6.65. The molecular weight excluding hydrogens is 262 g/mol. The molecule has 1 aromatic carbocycles. The zero-order valence-corrected chi connectivity index (χ0v) is 13.2. The van der Waals surface area contributed by atoms with E-state index in [1.807, 2.05) is 19.1 Å². The Morgan fingerprint density at radius 3 is 2.52 bits per heavy atom. The summed E-state index contributed by atoms with van der Waals surface area (Å²) in [6.07, 6.45) is 5.33.